The molecule has 1 heterocycles. The van der Waals surface area contributed by atoms with Gasteiger partial charge in [0, 0.05) is 12.0 Å². The topological polar surface area (TPSA) is 52.6 Å². The maximum Gasteiger partial charge on any atom is 0.313 e. The van der Waals surface area contributed by atoms with Crippen molar-refractivity contribution in [2.45, 2.75) is 31.6 Å². The molecule has 0 N–H and O–H groups in total. The van der Waals surface area contributed by atoms with E-state index >= 15 is 0 Å². The number of benzene rings is 2. The Morgan fingerprint density at radius 3 is 2.70 bits per heavy atom. The fourth-order valence-corrected chi connectivity index (χ4v) is 3.70. The molecule has 0 radical (unpaired) electrons. The standard InChI is InChI=1S/C17H17FO4S/c1-17(2)10-13-6-4-8-15(16(13)21-17)22-23(19,20)11-12-5-3-7-14(18)9-12/h3-9H,10-11H2,1-2H3. The smallest absolute Gasteiger partial charge is 0.313 e. The lowest BCUT2D eigenvalue weighted by molar-refractivity contribution is 0.136. The molecule has 2 aromatic rings. The fourth-order valence-electron chi connectivity index (χ4n) is 2.65. The third kappa shape index (κ3) is 3.64. The van der Waals surface area contributed by atoms with Crippen molar-refractivity contribution in [3.63, 3.8) is 0 Å². The molecular weight excluding hydrogens is 319 g/mol. The zero-order valence-electron chi connectivity index (χ0n) is 12.9. The van der Waals surface area contributed by atoms with E-state index in [0.717, 1.165) is 5.56 Å². The molecule has 0 bridgehead atoms. The van der Waals surface area contributed by atoms with Crippen LogP contribution < -0.4 is 8.92 Å². The average Bonchev–Trinajstić information content (AvgIpc) is 2.73. The highest BCUT2D eigenvalue weighted by Gasteiger charge is 2.33. The van der Waals surface area contributed by atoms with E-state index in [1.807, 2.05) is 19.9 Å². The maximum absolute atomic E-state index is 13.2. The Labute approximate surface area is 135 Å². The van der Waals surface area contributed by atoms with Gasteiger partial charge >= 0.3 is 10.1 Å². The highest BCUT2D eigenvalue weighted by molar-refractivity contribution is 7.86. The summed E-state index contributed by atoms with van der Waals surface area (Å²) in [6, 6.07) is 10.6. The van der Waals surface area contributed by atoms with Gasteiger partial charge in [0.1, 0.15) is 17.2 Å². The fraction of sp³-hybridized carbons (Fsp3) is 0.294. The van der Waals surface area contributed by atoms with Gasteiger partial charge < -0.3 is 8.92 Å². The third-order valence-electron chi connectivity index (χ3n) is 3.50. The highest BCUT2D eigenvalue weighted by Crippen LogP contribution is 2.42. The van der Waals surface area contributed by atoms with Crippen LogP contribution in [-0.4, -0.2) is 14.0 Å². The summed E-state index contributed by atoms with van der Waals surface area (Å²) < 4.78 is 48.7. The van der Waals surface area contributed by atoms with E-state index in [1.165, 1.54) is 18.2 Å². The molecule has 1 aliphatic heterocycles. The molecular formula is C17H17FO4S. The lowest BCUT2D eigenvalue weighted by Crippen LogP contribution is -2.25. The number of halogens is 1. The van der Waals surface area contributed by atoms with Crippen molar-refractivity contribution >= 4 is 10.1 Å². The number of hydrogen-bond donors (Lipinski definition) is 0. The van der Waals surface area contributed by atoms with Gasteiger partial charge in [-0.05, 0) is 37.6 Å². The molecule has 0 saturated heterocycles. The van der Waals surface area contributed by atoms with Crippen molar-refractivity contribution in [2.24, 2.45) is 0 Å². The van der Waals surface area contributed by atoms with Gasteiger partial charge in [0.2, 0.25) is 0 Å². The van der Waals surface area contributed by atoms with Gasteiger partial charge in [-0.3, -0.25) is 0 Å². The van der Waals surface area contributed by atoms with E-state index < -0.39 is 27.3 Å². The Hall–Kier alpha value is -2.08. The van der Waals surface area contributed by atoms with Gasteiger partial charge in [0.15, 0.2) is 11.5 Å². The van der Waals surface area contributed by atoms with Gasteiger partial charge in [0.05, 0.1) is 0 Å². The lowest BCUT2D eigenvalue weighted by Gasteiger charge is -2.18. The van der Waals surface area contributed by atoms with Crippen molar-refractivity contribution in [3.8, 4) is 11.5 Å². The Bertz CT molecular complexity index is 843. The van der Waals surface area contributed by atoms with Crippen LogP contribution in [0.25, 0.3) is 0 Å². The van der Waals surface area contributed by atoms with Crippen molar-refractivity contribution in [1.82, 2.24) is 0 Å². The molecule has 4 nitrogen and oxygen atoms in total. The van der Waals surface area contributed by atoms with Crippen molar-refractivity contribution in [3.05, 3.63) is 59.4 Å². The van der Waals surface area contributed by atoms with Gasteiger partial charge in [-0.1, -0.05) is 24.3 Å². The normalized spacial score (nSPS) is 15.8. The largest absolute Gasteiger partial charge is 0.483 e. The van der Waals surface area contributed by atoms with Crippen LogP contribution in [-0.2, 0) is 22.3 Å². The minimum Gasteiger partial charge on any atom is -0.483 e. The van der Waals surface area contributed by atoms with Crippen LogP contribution in [0.3, 0.4) is 0 Å². The monoisotopic (exact) mass is 336 g/mol. The molecule has 0 unspecified atom stereocenters. The van der Waals surface area contributed by atoms with Gasteiger partial charge in [-0.15, -0.1) is 0 Å². The summed E-state index contributed by atoms with van der Waals surface area (Å²) in [6.45, 7) is 3.86. The average molecular weight is 336 g/mol. The third-order valence-corrected chi connectivity index (χ3v) is 4.62. The van der Waals surface area contributed by atoms with E-state index in [1.54, 1.807) is 18.2 Å². The summed E-state index contributed by atoms with van der Waals surface area (Å²) in [4.78, 5) is 0. The van der Waals surface area contributed by atoms with Gasteiger partial charge in [-0.2, -0.15) is 8.42 Å². The molecule has 3 rings (SSSR count). The summed E-state index contributed by atoms with van der Waals surface area (Å²) in [6.07, 6.45) is 0.684. The van der Waals surface area contributed by atoms with E-state index in [9.17, 15) is 12.8 Å². The van der Waals surface area contributed by atoms with Crippen LogP contribution in [0.4, 0.5) is 4.39 Å². The molecule has 0 fully saturated rings. The molecule has 0 aliphatic carbocycles. The van der Waals surface area contributed by atoms with Crippen LogP contribution in [0.15, 0.2) is 42.5 Å². The summed E-state index contributed by atoms with van der Waals surface area (Å²) >= 11 is 0. The van der Waals surface area contributed by atoms with E-state index in [2.05, 4.69) is 0 Å². The van der Waals surface area contributed by atoms with Gasteiger partial charge in [-0.25, -0.2) is 4.39 Å². The first-order valence-corrected chi connectivity index (χ1v) is 8.79. The van der Waals surface area contributed by atoms with Gasteiger partial charge in [0.25, 0.3) is 0 Å². The molecule has 0 atom stereocenters. The Morgan fingerprint density at radius 1 is 1.22 bits per heavy atom. The predicted octanol–water partition coefficient (Wildman–Crippen LogP) is 3.45. The Balaban J connectivity index is 1.84. The summed E-state index contributed by atoms with van der Waals surface area (Å²) in [5.74, 6) is -0.258. The molecule has 122 valence electrons. The second-order valence-electron chi connectivity index (χ2n) is 6.20. The van der Waals surface area contributed by atoms with Crippen molar-refractivity contribution in [1.29, 1.82) is 0 Å². The maximum atomic E-state index is 13.2. The number of fused-ring (bicyclic) bond motifs is 1. The van der Waals surface area contributed by atoms with Crippen LogP contribution in [0.1, 0.15) is 25.0 Å². The molecule has 2 aromatic carbocycles. The second kappa shape index (κ2) is 5.53. The molecule has 23 heavy (non-hydrogen) atoms. The Morgan fingerprint density at radius 2 is 1.96 bits per heavy atom. The van der Waals surface area contributed by atoms with Crippen LogP contribution >= 0.6 is 0 Å². The molecule has 0 saturated carbocycles. The SMILES string of the molecule is CC1(C)Cc2cccc(OS(=O)(=O)Cc3cccc(F)c3)c2O1. The van der Waals surface area contributed by atoms with E-state index in [4.69, 9.17) is 8.92 Å². The summed E-state index contributed by atoms with van der Waals surface area (Å²) in [7, 11) is -3.91. The predicted molar refractivity (Wildman–Crippen MR) is 84.5 cm³/mol. The molecule has 0 spiro atoms. The molecule has 0 aromatic heterocycles. The number of hydrogen-bond acceptors (Lipinski definition) is 4. The first-order valence-electron chi connectivity index (χ1n) is 7.22. The van der Waals surface area contributed by atoms with Crippen LogP contribution in [0.2, 0.25) is 0 Å². The second-order valence-corrected chi connectivity index (χ2v) is 7.77. The zero-order valence-corrected chi connectivity index (χ0v) is 13.7. The highest BCUT2D eigenvalue weighted by atomic mass is 32.2. The van der Waals surface area contributed by atoms with Crippen LogP contribution in [0, 0.1) is 5.82 Å². The number of rotatable bonds is 4. The van der Waals surface area contributed by atoms with E-state index in [-0.39, 0.29) is 5.75 Å². The minimum atomic E-state index is -3.91. The number of para-hydroxylation sites is 1. The van der Waals surface area contributed by atoms with E-state index in [0.29, 0.717) is 17.7 Å². The molecule has 1 aliphatic rings. The first kappa shape index (κ1) is 15.8. The van der Waals surface area contributed by atoms with Crippen LogP contribution in [0.5, 0.6) is 11.5 Å². The summed E-state index contributed by atoms with van der Waals surface area (Å²) in [5.41, 5.74) is 0.848. The molecule has 6 heteroatoms. The minimum absolute atomic E-state index is 0.171. The number of ether oxygens (including phenoxy) is 1. The molecule has 0 amide bonds. The summed E-state index contributed by atoms with van der Waals surface area (Å²) in [5, 5.41) is 0. The van der Waals surface area contributed by atoms with Crippen molar-refractivity contribution in [2.75, 3.05) is 0 Å². The quantitative estimate of drug-likeness (QED) is 0.803. The lowest BCUT2D eigenvalue weighted by atomic mass is 10.0. The Kier molecular flexibility index (Phi) is 3.80. The van der Waals surface area contributed by atoms with Crippen molar-refractivity contribution < 1.29 is 21.7 Å². The first-order chi connectivity index (χ1) is 10.7. The zero-order chi connectivity index (χ0) is 16.7.